The van der Waals surface area contributed by atoms with Gasteiger partial charge >= 0.3 is 5.97 Å². The molecule has 0 saturated carbocycles. The number of allylic oxidation sites excluding steroid dienone is 1. The summed E-state index contributed by atoms with van der Waals surface area (Å²) >= 11 is 0. The van der Waals surface area contributed by atoms with Gasteiger partial charge in [0.25, 0.3) is 0 Å². The topological polar surface area (TPSA) is 52.3 Å². The number of halogens is 1. The number of hydrogen-bond donors (Lipinski definition) is 1. The Balaban J connectivity index is 3.14. The van der Waals surface area contributed by atoms with Gasteiger partial charge in [-0.3, -0.25) is 0 Å². The standard InChI is InChI=1S/C12H14FNO2/c1-3-9(12(15)16-4-2)10-7-8(14)5-6-11(10)13/h3,5-7H,4,14H2,1-2H3/b9-3-. The molecule has 0 aromatic heterocycles. The van der Waals surface area contributed by atoms with Gasteiger partial charge in [0.05, 0.1) is 12.2 Å². The smallest absolute Gasteiger partial charge is 0.338 e. The first-order valence-electron chi connectivity index (χ1n) is 4.99. The number of rotatable bonds is 3. The SMILES string of the molecule is C/C=C(\C(=O)OCC)c1cc(N)ccc1F. The number of esters is 1. The molecule has 0 saturated heterocycles. The molecule has 16 heavy (non-hydrogen) atoms. The molecule has 0 aliphatic carbocycles. The Bertz CT molecular complexity index is 427. The van der Waals surface area contributed by atoms with E-state index in [9.17, 15) is 9.18 Å². The van der Waals surface area contributed by atoms with Gasteiger partial charge in [0.15, 0.2) is 0 Å². The van der Waals surface area contributed by atoms with E-state index >= 15 is 0 Å². The Kier molecular flexibility index (Phi) is 4.05. The molecule has 2 N–H and O–H groups in total. The van der Waals surface area contributed by atoms with Crippen molar-refractivity contribution < 1.29 is 13.9 Å². The fraction of sp³-hybridized carbons (Fsp3) is 0.250. The summed E-state index contributed by atoms with van der Waals surface area (Å²) in [5.74, 6) is -1.04. The van der Waals surface area contributed by atoms with E-state index in [-0.39, 0.29) is 17.7 Å². The molecule has 0 aliphatic heterocycles. The zero-order chi connectivity index (χ0) is 12.1. The van der Waals surface area contributed by atoms with Crippen molar-refractivity contribution in [2.24, 2.45) is 0 Å². The summed E-state index contributed by atoms with van der Waals surface area (Å²) in [5.41, 5.74) is 6.31. The zero-order valence-electron chi connectivity index (χ0n) is 9.29. The van der Waals surface area contributed by atoms with Gasteiger partial charge in [-0.25, -0.2) is 9.18 Å². The lowest BCUT2D eigenvalue weighted by molar-refractivity contribution is -0.136. The molecular formula is C12H14FNO2. The van der Waals surface area contributed by atoms with Crippen LogP contribution in [-0.4, -0.2) is 12.6 Å². The number of ether oxygens (including phenoxy) is 1. The first-order valence-corrected chi connectivity index (χ1v) is 4.99. The number of benzene rings is 1. The maximum absolute atomic E-state index is 13.5. The van der Waals surface area contributed by atoms with Crippen molar-refractivity contribution in [2.45, 2.75) is 13.8 Å². The third-order valence-electron chi connectivity index (χ3n) is 2.06. The Labute approximate surface area is 93.7 Å². The molecule has 1 aromatic rings. The number of nitrogen functional groups attached to an aromatic ring is 1. The quantitative estimate of drug-likeness (QED) is 0.486. The van der Waals surface area contributed by atoms with Crippen molar-refractivity contribution in [1.29, 1.82) is 0 Å². The molecule has 0 atom stereocenters. The van der Waals surface area contributed by atoms with E-state index in [0.717, 1.165) is 0 Å². The minimum absolute atomic E-state index is 0.168. The van der Waals surface area contributed by atoms with E-state index in [1.54, 1.807) is 13.8 Å². The molecule has 4 heteroatoms. The molecule has 0 heterocycles. The summed E-state index contributed by atoms with van der Waals surface area (Å²) < 4.78 is 18.3. The molecule has 86 valence electrons. The number of hydrogen-bond acceptors (Lipinski definition) is 3. The van der Waals surface area contributed by atoms with E-state index in [1.165, 1.54) is 24.3 Å². The van der Waals surface area contributed by atoms with E-state index in [1.807, 2.05) is 0 Å². The van der Waals surface area contributed by atoms with E-state index in [0.29, 0.717) is 5.69 Å². The lowest BCUT2D eigenvalue weighted by Crippen LogP contribution is -2.08. The molecular weight excluding hydrogens is 209 g/mol. The predicted molar refractivity (Wildman–Crippen MR) is 61.1 cm³/mol. The normalized spacial score (nSPS) is 11.3. The summed E-state index contributed by atoms with van der Waals surface area (Å²) in [4.78, 5) is 11.5. The summed E-state index contributed by atoms with van der Waals surface area (Å²) in [6.07, 6.45) is 1.51. The Morgan fingerprint density at radius 3 is 2.81 bits per heavy atom. The predicted octanol–water partition coefficient (Wildman–Crippen LogP) is 2.37. The lowest BCUT2D eigenvalue weighted by Gasteiger charge is -2.08. The van der Waals surface area contributed by atoms with Crippen molar-refractivity contribution in [2.75, 3.05) is 12.3 Å². The van der Waals surface area contributed by atoms with Crippen LogP contribution in [-0.2, 0) is 9.53 Å². The number of carbonyl (C=O) groups excluding carboxylic acids is 1. The summed E-state index contributed by atoms with van der Waals surface area (Å²) in [6.45, 7) is 3.59. The number of nitrogens with two attached hydrogens (primary N) is 1. The number of carbonyl (C=O) groups is 1. The van der Waals surface area contributed by atoms with Crippen LogP contribution in [0.5, 0.6) is 0 Å². The van der Waals surface area contributed by atoms with Gasteiger partial charge in [-0.2, -0.15) is 0 Å². The monoisotopic (exact) mass is 223 g/mol. The summed E-state index contributed by atoms with van der Waals surface area (Å²) in [6, 6.07) is 4.09. The molecule has 0 unspecified atom stereocenters. The minimum atomic E-state index is -0.547. The summed E-state index contributed by atoms with van der Waals surface area (Å²) in [5, 5.41) is 0. The average molecular weight is 223 g/mol. The van der Waals surface area contributed by atoms with E-state index < -0.39 is 11.8 Å². The van der Waals surface area contributed by atoms with Crippen molar-refractivity contribution in [3.8, 4) is 0 Å². The van der Waals surface area contributed by atoms with Gasteiger partial charge in [-0.15, -0.1) is 0 Å². The molecule has 1 aromatic carbocycles. The molecule has 0 amide bonds. The summed E-state index contributed by atoms with van der Waals surface area (Å²) in [7, 11) is 0. The zero-order valence-corrected chi connectivity index (χ0v) is 9.29. The van der Waals surface area contributed by atoms with Crippen LogP contribution in [0.3, 0.4) is 0 Å². The second kappa shape index (κ2) is 5.30. The maximum atomic E-state index is 13.5. The highest BCUT2D eigenvalue weighted by Crippen LogP contribution is 2.22. The maximum Gasteiger partial charge on any atom is 0.338 e. The third-order valence-corrected chi connectivity index (χ3v) is 2.06. The van der Waals surface area contributed by atoms with Gasteiger partial charge in [0, 0.05) is 11.3 Å². The average Bonchev–Trinajstić information content (AvgIpc) is 2.24. The van der Waals surface area contributed by atoms with Gasteiger partial charge in [-0.1, -0.05) is 6.08 Å². The van der Waals surface area contributed by atoms with Crippen LogP contribution in [0.2, 0.25) is 0 Å². The second-order valence-electron chi connectivity index (χ2n) is 3.16. The highest BCUT2D eigenvalue weighted by Gasteiger charge is 2.16. The molecule has 0 radical (unpaired) electrons. The molecule has 3 nitrogen and oxygen atoms in total. The van der Waals surface area contributed by atoms with Crippen LogP contribution in [0.15, 0.2) is 24.3 Å². The van der Waals surface area contributed by atoms with Crippen LogP contribution in [0.1, 0.15) is 19.4 Å². The molecule has 0 fully saturated rings. The van der Waals surface area contributed by atoms with Crippen molar-refractivity contribution in [3.05, 3.63) is 35.7 Å². The number of anilines is 1. The fourth-order valence-corrected chi connectivity index (χ4v) is 1.34. The van der Waals surface area contributed by atoms with Crippen LogP contribution >= 0.6 is 0 Å². The first-order chi connectivity index (χ1) is 7.60. The molecule has 1 rings (SSSR count). The van der Waals surface area contributed by atoms with Crippen molar-refractivity contribution >= 4 is 17.2 Å². The van der Waals surface area contributed by atoms with Crippen molar-refractivity contribution in [3.63, 3.8) is 0 Å². The second-order valence-corrected chi connectivity index (χ2v) is 3.16. The van der Waals surface area contributed by atoms with Crippen LogP contribution in [0.25, 0.3) is 5.57 Å². The highest BCUT2D eigenvalue weighted by atomic mass is 19.1. The van der Waals surface area contributed by atoms with Crippen LogP contribution in [0, 0.1) is 5.82 Å². The minimum Gasteiger partial charge on any atom is -0.462 e. The lowest BCUT2D eigenvalue weighted by atomic mass is 10.0. The molecule has 0 aliphatic rings. The first kappa shape index (κ1) is 12.2. The molecule has 0 bridgehead atoms. The van der Waals surface area contributed by atoms with Crippen LogP contribution in [0.4, 0.5) is 10.1 Å². The fourth-order valence-electron chi connectivity index (χ4n) is 1.34. The highest BCUT2D eigenvalue weighted by molar-refractivity contribution is 6.16. The van der Waals surface area contributed by atoms with E-state index in [4.69, 9.17) is 10.5 Å². The van der Waals surface area contributed by atoms with E-state index in [2.05, 4.69) is 0 Å². The van der Waals surface area contributed by atoms with Gasteiger partial charge in [0.2, 0.25) is 0 Å². The van der Waals surface area contributed by atoms with Gasteiger partial charge in [0.1, 0.15) is 5.82 Å². The van der Waals surface area contributed by atoms with Gasteiger partial charge in [-0.05, 0) is 32.0 Å². The Morgan fingerprint density at radius 1 is 1.56 bits per heavy atom. The van der Waals surface area contributed by atoms with Crippen molar-refractivity contribution in [1.82, 2.24) is 0 Å². The largest absolute Gasteiger partial charge is 0.462 e. The Hall–Kier alpha value is -1.84. The molecule has 0 spiro atoms. The van der Waals surface area contributed by atoms with Crippen LogP contribution < -0.4 is 5.73 Å². The Morgan fingerprint density at radius 2 is 2.25 bits per heavy atom. The third kappa shape index (κ3) is 2.59. The van der Waals surface area contributed by atoms with Gasteiger partial charge < -0.3 is 10.5 Å².